The van der Waals surface area contributed by atoms with Crippen molar-refractivity contribution in [1.82, 2.24) is 14.8 Å². The Morgan fingerprint density at radius 2 is 1.91 bits per heavy atom. The lowest BCUT2D eigenvalue weighted by atomic mass is 9.91. The molecule has 2 amide bonds. The number of fused-ring (bicyclic) bond motifs is 1. The molecule has 0 atom stereocenters. The molecule has 0 saturated heterocycles. The third kappa shape index (κ3) is 4.10. The van der Waals surface area contributed by atoms with Crippen molar-refractivity contribution in [2.24, 2.45) is 5.73 Å². The lowest BCUT2D eigenvalue weighted by Gasteiger charge is -2.19. The Balaban J connectivity index is 1.62. The maximum absolute atomic E-state index is 13.2. The fourth-order valence-electron chi connectivity index (χ4n) is 4.10. The van der Waals surface area contributed by atoms with Crippen molar-refractivity contribution in [3.05, 3.63) is 75.4 Å². The van der Waals surface area contributed by atoms with Crippen LogP contribution in [0, 0.1) is 25.2 Å². The van der Waals surface area contributed by atoms with Gasteiger partial charge in [0.1, 0.15) is 5.69 Å². The molecule has 2 aromatic heterocycles. The largest absolute Gasteiger partial charge is 0.364 e. The molecule has 3 aromatic rings. The lowest BCUT2D eigenvalue weighted by molar-refractivity contribution is 0.0995. The number of carbonyl (C=O) groups excluding carboxylic acids is 2. The first-order chi connectivity index (χ1) is 15.4. The Hall–Kier alpha value is -3.99. The minimum atomic E-state index is -0.643. The van der Waals surface area contributed by atoms with E-state index in [1.54, 1.807) is 12.1 Å². The predicted octanol–water partition coefficient (Wildman–Crippen LogP) is 3.04. The number of amides is 2. The van der Waals surface area contributed by atoms with Crippen LogP contribution in [0.2, 0.25) is 0 Å². The summed E-state index contributed by atoms with van der Waals surface area (Å²) in [7, 11) is 0. The minimum Gasteiger partial charge on any atom is -0.364 e. The number of aryl methyl sites for hydroxylation is 2. The summed E-state index contributed by atoms with van der Waals surface area (Å²) in [5.41, 5.74) is 11.4. The first kappa shape index (κ1) is 21.2. The molecule has 0 radical (unpaired) electrons. The molecule has 1 aromatic carbocycles. The molecule has 0 fully saturated rings. The van der Waals surface area contributed by atoms with E-state index in [1.165, 1.54) is 6.07 Å². The highest BCUT2D eigenvalue weighted by Crippen LogP contribution is 2.27. The summed E-state index contributed by atoms with van der Waals surface area (Å²) in [5.74, 6) is -0.938. The molecule has 0 spiro atoms. The highest BCUT2D eigenvalue weighted by Gasteiger charge is 2.23. The third-order valence-corrected chi connectivity index (χ3v) is 5.83. The van der Waals surface area contributed by atoms with Crippen molar-refractivity contribution in [2.45, 2.75) is 46.1 Å². The Kier molecular flexibility index (Phi) is 5.73. The molecule has 0 unspecified atom stereocenters. The van der Waals surface area contributed by atoms with Crippen molar-refractivity contribution in [3.63, 3.8) is 0 Å². The van der Waals surface area contributed by atoms with Crippen LogP contribution in [0.5, 0.6) is 0 Å². The molecule has 0 saturated carbocycles. The summed E-state index contributed by atoms with van der Waals surface area (Å²) < 4.78 is 1.82. The van der Waals surface area contributed by atoms with Gasteiger partial charge in [0.2, 0.25) is 0 Å². The molecule has 1 aliphatic carbocycles. The Bertz CT molecular complexity index is 1250. The van der Waals surface area contributed by atoms with Crippen molar-refractivity contribution in [2.75, 3.05) is 5.32 Å². The van der Waals surface area contributed by atoms with E-state index in [0.717, 1.165) is 48.2 Å². The summed E-state index contributed by atoms with van der Waals surface area (Å²) in [6.45, 7) is 4.26. The van der Waals surface area contributed by atoms with Gasteiger partial charge in [-0.05, 0) is 68.9 Å². The monoisotopic (exact) mass is 428 g/mol. The smallest absolute Gasteiger partial charge is 0.267 e. The van der Waals surface area contributed by atoms with Gasteiger partial charge in [-0.1, -0.05) is 12.1 Å². The van der Waals surface area contributed by atoms with Crippen LogP contribution >= 0.6 is 0 Å². The molecule has 162 valence electrons. The van der Waals surface area contributed by atoms with Crippen LogP contribution in [0.3, 0.4) is 0 Å². The van der Waals surface area contributed by atoms with Gasteiger partial charge in [-0.3, -0.25) is 14.3 Å². The van der Waals surface area contributed by atoms with E-state index in [2.05, 4.69) is 21.5 Å². The molecule has 3 N–H and O–H groups in total. The predicted molar refractivity (Wildman–Crippen MR) is 119 cm³/mol. The van der Waals surface area contributed by atoms with E-state index in [9.17, 15) is 9.59 Å². The number of anilines is 1. The third-order valence-electron chi connectivity index (χ3n) is 5.83. The van der Waals surface area contributed by atoms with Crippen LogP contribution in [0.25, 0.3) is 0 Å². The van der Waals surface area contributed by atoms with E-state index in [1.807, 2.05) is 30.7 Å². The van der Waals surface area contributed by atoms with Crippen LogP contribution in [-0.4, -0.2) is 26.6 Å². The van der Waals surface area contributed by atoms with E-state index < -0.39 is 5.91 Å². The first-order valence-electron chi connectivity index (χ1n) is 10.5. The fraction of sp³-hybridized carbons (Fsp3) is 0.292. The second-order valence-corrected chi connectivity index (χ2v) is 8.02. The number of aromatic nitrogens is 3. The number of nitrogens with zero attached hydrogens (tertiary/aromatic N) is 4. The topological polar surface area (TPSA) is 127 Å². The van der Waals surface area contributed by atoms with Gasteiger partial charge in [-0.2, -0.15) is 10.4 Å². The second kappa shape index (κ2) is 8.63. The van der Waals surface area contributed by atoms with Crippen LogP contribution in [0.1, 0.15) is 67.5 Å². The molecule has 1 aliphatic rings. The summed E-state index contributed by atoms with van der Waals surface area (Å²) >= 11 is 0. The summed E-state index contributed by atoms with van der Waals surface area (Å²) in [6.07, 6.45) is 3.44. The Labute approximate surface area is 186 Å². The maximum Gasteiger partial charge on any atom is 0.267 e. The maximum atomic E-state index is 13.2. The number of rotatable bonds is 5. The second-order valence-electron chi connectivity index (χ2n) is 8.02. The van der Waals surface area contributed by atoms with E-state index in [-0.39, 0.29) is 11.6 Å². The summed E-state index contributed by atoms with van der Waals surface area (Å²) in [5, 5.41) is 16.5. The standard InChI is InChI=1S/C24H24N6O2/c1-14-22(15(2)30(29-14)13-17-9-7-16(12-25)8-10-17)28-24(32)19-11-21(23(26)31)27-20-6-4-3-5-18(19)20/h7-11H,3-6,13H2,1-2H3,(H2,26,31)(H,28,32). The zero-order valence-electron chi connectivity index (χ0n) is 18.1. The highest BCUT2D eigenvalue weighted by molar-refractivity contribution is 6.07. The van der Waals surface area contributed by atoms with Gasteiger partial charge in [0.05, 0.1) is 35.3 Å². The molecular weight excluding hydrogens is 404 g/mol. The number of hydrogen-bond acceptors (Lipinski definition) is 5. The molecule has 2 heterocycles. The number of primary amides is 1. The van der Waals surface area contributed by atoms with Gasteiger partial charge in [-0.25, -0.2) is 4.98 Å². The summed E-state index contributed by atoms with van der Waals surface area (Å²) in [4.78, 5) is 29.4. The summed E-state index contributed by atoms with van der Waals surface area (Å²) in [6, 6.07) is 10.9. The van der Waals surface area contributed by atoms with Gasteiger partial charge < -0.3 is 11.1 Å². The number of hydrogen-bond donors (Lipinski definition) is 2. The van der Waals surface area contributed by atoms with Crippen LogP contribution in [-0.2, 0) is 19.4 Å². The van der Waals surface area contributed by atoms with Gasteiger partial charge in [0, 0.05) is 11.3 Å². The van der Waals surface area contributed by atoms with Crippen LogP contribution in [0.4, 0.5) is 5.69 Å². The minimum absolute atomic E-state index is 0.112. The quantitative estimate of drug-likeness (QED) is 0.646. The Morgan fingerprint density at radius 3 is 2.59 bits per heavy atom. The first-order valence-corrected chi connectivity index (χ1v) is 10.5. The van der Waals surface area contributed by atoms with Crippen molar-refractivity contribution in [3.8, 4) is 6.07 Å². The molecule has 0 aliphatic heterocycles. The number of pyridine rings is 1. The number of nitrogens with two attached hydrogens (primary N) is 1. The normalized spacial score (nSPS) is 12.7. The number of benzene rings is 1. The van der Waals surface area contributed by atoms with E-state index >= 15 is 0 Å². The van der Waals surface area contributed by atoms with Gasteiger partial charge in [0.15, 0.2) is 0 Å². The molecule has 32 heavy (non-hydrogen) atoms. The molecule has 0 bridgehead atoms. The zero-order valence-corrected chi connectivity index (χ0v) is 18.1. The number of nitriles is 1. The molecule has 8 nitrogen and oxygen atoms in total. The van der Waals surface area contributed by atoms with E-state index in [0.29, 0.717) is 29.1 Å². The van der Waals surface area contributed by atoms with Gasteiger partial charge in [0.25, 0.3) is 11.8 Å². The molecular formula is C24H24N6O2. The lowest BCUT2D eigenvalue weighted by Crippen LogP contribution is -2.23. The zero-order chi connectivity index (χ0) is 22.8. The average Bonchev–Trinajstić information content (AvgIpc) is 3.06. The fourth-order valence-corrected chi connectivity index (χ4v) is 4.10. The molecule has 4 rings (SSSR count). The average molecular weight is 428 g/mol. The Morgan fingerprint density at radius 1 is 1.19 bits per heavy atom. The van der Waals surface area contributed by atoms with Crippen molar-refractivity contribution < 1.29 is 9.59 Å². The van der Waals surface area contributed by atoms with Crippen LogP contribution in [0.15, 0.2) is 30.3 Å². The van der Waals surface area contributed by atoms with Crippen molar-refractivity contribution in [1.29, 1.82) is 5.26 Å². The number of carbonyl (C=O) groups is 2. The SMILES string of the molecule is Cc1nn(Cc2ccc(C#N)cc2)c(C)c1NC(=O)c1cc(C(N)=O)nc2c1CCCC2. The number of nitrogens with one attached hydrogen (secondary N) is 1. The van der Waals surface area contributed by atoms with E-state index in [4.69, 9.17) is 11.0 Å². The van der Waals surface area contributed by atoms with Crippen molar-refractivity contribution >= 4 is 17.5 Å². The van der Waals surface area contributed by atoms with Gasteiger partial charge >= 0.3 is 0 Å². The highest BCUT2D eigenvalue weighted by atomic mass is 16.2. The molecule has 8 heteroatoms. The van der Waals surface area contributed by atoms with Gasteiger partial charge in [-0.15, -0.1) is 0 Å². The van der Waals surface area contributed by atoms with Crippen LogP contribution < -0.4 is 11.1 Å².